The third-order valence-electron chi connectivity index (χ3n) is 4.52. The standard InChI is InChI=1S/C20H22N6O2S/c1-12(23-17-9-15(10-27-3)25-20-21-11-22-26(17)20)18-13(2)24-19(29-18)14-5-7-16(28-4)8-6-14/h5-9,11-12,23H,10H2,1-4H3. The number of thiazole rings is 1. The number of aryl methyl sites for hydroxylation is 1. The zero-order valence-corrected chi connectivity index (χ0v) is 17.5. The number of methoxy groups -OCH3 is 2. The molecule has 150 valence electrons. The predicted octanol–water partition coefficient (Wildman–Crippen LogP) is 3.88. The van der Waals surface area contributed by atoms with Gasteiger partial charge in [0, 0.05) is 23.6 Å². The molecule has 0 aliphatic heterocycles. The van der Waals surface area contributed by atoms with Crippen LogP contribution in [0, 0.1) is 6.92 Å². The van der Waals surface area contributed by atoms with E-state index in [0.29, 0.717) is 12.4 Å². The van der Waals surface area contributed by atoms with Crippen molar-refractivity contribution >= 4 is 22.9 Å². The van der Waals surface area contributed by atoms with Crippen LogP contribution in [-0.4, -0.2) is 38.8 Å². The largest absolute Gasteiger partial charge is 0.497 e. The van der Waals surface area contributed by atoms with Gasteiger partial charge >= 0.3 is 0 Å². The van der Waals surface area contributed by atoms with E-state index in [4.69, 9.17) is 14.5 Å². The zero-order valence-electron chi connectivity index (χ0n) is 16.7. The van der Waals surface area contributed by atoms with Gasteiger partial charge in [-0.05, 0) is 38.1 Å². The Kier molecular flexibility index (Phi) is 5.41. The minimum absolute atomic E-state index is 0.0321. The van der Waals surface area contributed by atoms with Crippen molar-refractivity contribution in [2.45, 2.75) is 26.5 Å². The molecule has 29 heavy (non-hydrogen) atoms. The maximum absolute atomic E-state index is 5.24. The molecule has 3 aromatic heterocycles. The summed E-state index contributed by atoms with van der Waals surface area (Å²) < 4.78 is 12.2. The van der Waals surface area contributed by atoms with Gasteiger partial charge in [-0.15, -0.1) is 11.3 Å². The second kappa shape index (κ2) is 8.14. The summed E-state index contributed by atoms with van der Waals surface area (Å²) in [7, 11) is 3.31. The van der Waals surface area contributed by atoms with Crippen molar-refractivity contribution < 1.29 is 9.47 Å². The van der Waals surface area contributed by atoms with E-state index in [0.717, 1.165) is 38.4 Å². The van der Waals surface area contributed by atoms with Gasteiger partial charge in [0.05, 0.1) is 31.1 Å². The van der Waals surface area contributed by atoms with Gasteiger partial charge in [0.15, 0.2) is 0 Å². The lowest BCUT2D eigenvalue weighted by molar-refractivity contribution is 0.181. The van der Waals surface area contributed by atoms with Crippen LogP contribution in [0.4, 0.5) is 5.82 Å². The average Bonchev–Trinajstić information content (AvgIpc) is 3.35. The minimum atomic E-state index is 0.0321. The van der Waals surface area contributed by atoms with E-state index >= 15 is 0 Å². The maximum Gasteiger partial charge on any atom is 0.254 e. The van der Waals surface area contributed by atoms with Crippen molar-refractivity contribution in [2.24, 2.45) is 0 Å². The number of rotatable bonds is 7. The van der Waals surface area contributed by atoms with Crippen molar-refractivity contribution in [3.8, 4) is 16.3 Å². The molecule has 1 aromatic carbocycles. The molecule has 3 heterocycles. The molecule has 1 atom stereocenters. The second-order valence-electron chi connectivity index (χ2n) is 6.60. The third kappa shape index (κ3) is 3.92. The highest BCUT2D eigenvalue weighted by Crippen LogP contribution is 2.34. The Morgan fingerprint density at radius 1 is 1.17 bits per heavy atom. The fraction of sp³-hybridized carbons (Fsp3) is 0.300. The van der Waals surface area contributed by atoms with Crippen LogP contribution in [0.2, 0.25) is 0 Å². The number of ether oxygens (including phenoxy) is 2. The molecule has 4 rings (SSSR count). The Morgan fingerprint density at radius 3 is 2.69 bits per heavy atom. The van der Waals surface area contributed by atoms with Crippen LogP contribution in [-0.2, 0) is 11.3 Å². The van der Waals surface area contributed by atoms with Gasteiger partial charge in [-0.3, -0.25) is 0 Å². The van der Waals surface area contributed by atoms with Crippen molar-refractivity contribution in [3.05, 3.63) is 52.9 Å². The topological polar surface area (TPSA) is 86.5 Å². The molecule has 0 amide bonds. The molecule has 0 fully saturated rings. The molecule has 9 heteroatoms. The highest BCUT2D eigenvalue weighted by molar-refractivity contribution is 7.15. The van der Waals surface area contributed by atoms with E-state index in [9.17, 15) is 0 Å². The minimum Gasteiger partial charge on any atom is -0.497 e. The lowest BCUT2D eigenvalue weighted by Gasteiger charge is -2.15. The second-order valence-corrected chi connectivity index (χ2v) is 7.63. The maximum atomic E-state index is 5.24. The van der Waals surface area contributed by atoms with Crippen LogP contribution in [0.3, 0.4) is 0 Å². The van der Waals surface area contributed by atoms with Gasteiger partial charge in [-0.25, -0.2) is 9.97 Å². The smallest absolute Gasteiger partial charge is 0.254 e. The number of benzene rings is 1. The highest BCUT2D eigenvalue weighted by atomic mass is 32.1. The molecule has 0 bridgehead atoms. The Morgan fingerprint density at radius 2 is 1.97 bits per heavy atom. The van der Waals surface area contributed by atoms with E-state index < -0.39 is 0 Å². The van der Waals surface area contributed by atoms with Crippen molar-refractivity contribution in [1.82, 2.24) is 24.6 Å². The summed E-state index contributed by atoms with van der Waals surface area (Å²) in [6, 6.07) is 9.91. The van der Waals surface area contributed by atoms with Crippen LogP contribution in [0.5, 0.6) is 5.75 Å². The molecule has 0 spiro atoms. The van der Waals surface area contributed by atoms with Gasteiger partial charge in [-0.2, -0.15) is 14.6 Å². The van der Waals surface area contributed by atoms with E-state index in [1.807, 2.05) is 37.3 Å². The van der Waals surface area contributed by atoms with Crippen molar-refractivity contribution in [1.29, 1.82) is 0 Å². The van der Waals surface area contributed by atoms with E-state index in [1.54, 1.807) is 30.1 Å². The fourth-order valence-corrected chi connectivity index (χ4v) is 4.21. The molecule has 8 nitrogen and oxygen atoms in total. The SMILES string of the molecule is COCc1cc(NC(C)c2sc(-c3ccc(OC)cc3)nc2C)n2ncnc2n1. The normalized spacial score (nSPS) is 12.3. The lowest BCUT2D eigenvalue weighted by Crippen LogP contribution is -2.12. The number of fused-ring (bicyclic) bond motifs is 1. The van der Waals surface area contributed by atoms with Crippen LogP contribution in [0.25, 0.3) is 16.3 Å². The Bertz CT molecular complexity index is 1120. The first-order valence-electron chi connectivity index (χ1n) is 9.16. The Labute approximate surface area is 172 Å². The summed E-state index contributed by atoms with van der Waals surface area (Å²) in [5.41, 5.74) is 2.87. The summed E-state index contributed by atoms with van der Waals surface area (Å²) >= 11 is 1.68. The summed E-state index contributed by atoms with van der Waals surface area (Å²) in [6.07, 6.45) is 1.49. The molecular weight excluding hydrogens is 388 g/mol. The van der Waals surface area contributed by atoms with Gasteiger partial charge in [0.25, 0.3) is 5.78 Å². The van der Waals surface area contributed by atoms with E-state index in [1.165, 1.54) is 6.33 Å². The summed E-state index contributed by atoms with van der Waals surface area (Å²) in [4.78, 5) is 14.6. The molecule has 0 radical (unpaired) electrons. The van der Waals surface area contributed by atoms with E-state index in [-0.39, 0.29) is 6.04 Å². The van der Waals surface area contributed by atoms with Crippen LogP contribution in [0.15, 0.2) is 36.7 Å². The molecule has 0 aliphatic rings. The fourth-order valence-electron chi connectivity index (χ4n) is 3.14. The highest BCUT2D eigenvalue weighted by Gasteiger charge is 2.17. The molecule has 0 aliphatic carbocycles. The third-order valence-corrected chi connectivity index (χ3v) is 5.91. The van der Waals surface area contributed by atoms with Gasteiger partial charge in [0.2, 0.25) is 0 Å². The monoisotopic (exact) mass is 410 g/mol. The van der Waals surface area contributed by atoms with E-state index in [2.05, 4.69) is 27.3 Å². The van der Waals surface area contributed by atoms with Gasteiger partial charge < -0.3 is 14.8 Å². The first-order valence-corrected chi connectivity index (χ1v) is 9.97. The number of anilines is 1. The summed E-state index contributed by atoms with van der Waals surface area (Å²) in [5.74, 6) is 2.18. The molecule has 0 saturated heterocycles. The lowest BCUT2D eigenvalue weighted by atomic mass is 10.2. The zero-order chi connectivity index (χ0) is 20.4. The van der Waals surface area contributed by atoms with Crippen molar-refractivity contribution in [2.75, 3.05) is 19.5 Å². The number of aromatic nitrogens is 5. The quantitative estimate of drug-likeness (QED) is 0.495. The number of hydrogen-bond acceptors (Lipinski definition) is 8. The van der Waals surface area contributed by atoms with Gasteiger partial charge in [0.1, 0.15) is 22.9 Å². The Hall–Kier alpha value is -3.04. The molecule has 1 N–H and O–H groups in total. The average molecular weight is 411 g/mol. The van der Waals surface area contributed by atoms with Crippen LogP contribution >= 0.6 is 11.3 Å². The first-order chi connectivity index (χ1) is 14.1. The summed E-state index contributed by atoms with van der Waals surface area (Å²) in [6.45, 7) is 4.55. The number of hydrogen-bond donors (Lipinski definition) is 1. The van der Waals surface area contributed by atoms with Gasteiger partial charge in [-0.1, -0.05) is 0 Å². The number of nitrogens with zero attached hydrogens (tertiary/aromatic N) is 5. The molecule has 0 saturated carbocycles. The molecular formula is C20H22N6O2S. The molecule has 4 aromatic rings. The van der Waals surface area contributed by atoms with Crippen LogP contribution in [0.1, 0.15) is 29.2 Å². The molecule has 1 unspecified atom stereocenters. The first kappa shape index (κ1) is 19.3. The number of nitrogens with one attached hydrogen (secondary N) is 1. The Balaban J connectivity index is 1.62. The predicted molar refractivity (Wildman–Crippen MR) is 112 cm³/mol. The van der Waals surface area contributed by atoms with Crippen molar-refractivity contribution in [3.63, 3.8) is 0 Å². The summed E-state index contributed by atoms with van der Waals surface area (Å²) in [5, 5.41) is 8.78. The van der Waals surface area contributed by atoms with Crippen LogP contribution < -0.4 is 10.1 Å².